The zero-order valence-electron chi connectivity index (χ0n) is 19.5. The van der Waals surface area contributed by atoms with Gasteiger partial charge >= 0.3 is 0 Å². The number of amides is 2. The van der Waals surface area contributed by atoms with Crippen molar-refractivity contribution in [2.24, 2.45) is 0 Å². The highest BCUT2D eigenvalue weighted by Crippen LogP contribution is 2.26. The Hall–Kier alpha value is -4.22. The number of para-hydroxylation sites is 3. The number of hydrogen-bond acceptors (Lipinski definition) is 8. The predicted molar refractivity (Wildman–Crippen MR) is 144 cm³/mol. The molecule has 9 nitrogen and oxygen atoms in total. The van der Waals surface area contributed by atoms with Crippen LogP contribution >= 0.6 is 23.1 Å². The Morgan fingerprint density at radius 2 is 1.62 bits per heavy atom. The van der Waals surface area contributed by atoms with Gasteiger partial charge in [0.25, 0.3) is 5.91 Å². The molecule has 186 valence electrons. The van der Waals surface area contributed by atoms with Crippen molar-refractivity contribution in [2.45, 2.75) is 11.7 Å². The smallest absolute Gasteiger partial charge is 0.258 e. The van der Waals surface area contributed by atoms with Gasteiger partial charge in [0.1, 0.15) is 5.75 Å². The summed E-state index contributed by atoms with van der Waals surface area (Å²) in [5.74, 6) is 0.801. The number of ether oxygens (including phenoxy) is 1. The zero-order valence-corrected chi connectivity index (χ0v) is 21.2. The second kappa shape index (κ2) is 11.7. The molecule has 0 spiro atoms. The van der Waals surface area contributed by atoms with Gasteiger partial charge in [0.05, 0.1) is 22.5 Å². The molecule has 0 atom stereocenters. The summed E-state index contributed by atoms with van der Waals surface area (Å²) in [4.78, 5) is 29.4. The van der Waals surface area contributed by atoms with Crippen molar-refractivity contribution in [3.05, 3.63) is 90.8 Å². The number of hydrogen-bond donors (Lipinski definition) is 2. The first kappa shape index (κ1) is 24.5. The third-order valence-corrected chi connectivity index (χ3v) is 7.02. The first-order valence-electron chi connectivity index (χ1n) is 11.4. The molecule has 37 heavy (non-hydrogen) atoms. The average Bonchev–Trinajstić information content (AvgIpc) is 3.54. The highest BCUT2D eigenvalue weighted by molar-refractivity contribution is 7.99. The minimum absolute atomic E-state index is 0.114. The van der Waals surface area contributed by atoms with Gasteiger partial charge in [0.15, 0.2) is 22.7 Å². The standard InChI is InChI=1S/C26H22N6O3S2/c33-23(16-35-19-11-5-2-6-12-19)27-15-22-30-31-26(32(22)18-9-3-1-4-10-18)36-17-24(34)29-25-28-20-13-7-8-14-21(20)37-25/h1-14H,15-17H2,(H,27,33)(H,28,29,34). The maximum Gasteiger partial charge on any atom is 0.258 e. The molecule has 2 amide bonds. The zero-order chi connectivity index (χ0) is 25.5. The molecule has 0 aliphatic heterocycles. The largest absolute Gasteiger partial charge is 0.484 e. The number of thiazole rings is 1. The van der Waals surface area contributed by atoms with Gasteiger partial charge in [0, 0.05) is 5.69 Å². The molecule has 5 rings (SSSR count). The van der Waals surface area contributed by atoms with Crippen LogP contribution < -0.4 is 15.4 Å². The van der Waals surface area contributed by atoms with Crippen molar-refractivity contribution in [2.75, 3.05) is 17.7 Å². The Labute approximate surface area is 220 Å². The van der Waals surface area contributed by atoms with E-state index >= 15 is 0 Å². The van der Waals surface area contributed by atoms with E-state index in [1.807, 2.05) is 77.4 Å². The summed E-state index contributed by atoms with van der Waals surface area (Å²) in [5.41, 5.74) is 1.67. The van der Waals surface area contributed by atoms with Gasteiger partial charge in [-0.15, -0.1) is 10.2 Å². The molecule has 2 aromatic heterocycles. The molecule has 0 bridgehead atoms. The number of fused-ring (bicyclic) bond motifs is 1. The van der Waals surface area contributed by atoms with Crippen LogP contribution in [0.25, 0.3) is 15.9 Å². The summed E-state index contributed by atoms with van der Waals surface area (Å²) < 4.78 is 8.34. The summed E-state index contributed by atoms with van der Waals surface area (Å²) >= 11 is 2.68. The van der Waals surface area contributed by atoms with E-state index < -0.39 is 0 Å². The lowest BCUT2D eigenvalue weighted by atomic mass is 10.3. The van der Waals surface area contributed by atoms with E-state index in [2.05, 4.69) is 25.8 Å². The lowest BCUT2D eigenvalue weighted by Gasteiger charge is -2.11. The Bertz CT molecular complexity index is 1470. The van der Waals surface area contributed by atoms with Crippen LogP contribution in [0.1, 0.15) is 5.82 Å². The summed E-state index contributed by atoms with van der Waals surface area (Å²) in [6, 6.07) is 26.4. The molecule has 2 N–H and O–H groups in total. The number of aromatic nitrogens is 4. The number of carbonyl (C=O) groups excluding carboxylic acids is 2. The molecule has 5 aromatic rings. The Kier molecular flexibility index (Phi) is 7.72. The number of carbonyl (C=O) groups is 2. The maximum atomic E-state index is 12.6. The van der Waals surface area contributed by atoms with E-state index in [1.165, 1.54) is 23.1 Å². The van der Waals surface area contributed by atoms with Gasteiger partial charge in [-0.1, -0.05) is 71.6 Å². The van der Waals surface area contributed by atoms with Gasteiger partial charge in [-0.3, -0.25) is 14.2 Å². The van der Waals surface area contributed by atoms with Crippen LogP contribution in [0.15, 0.2) is 90.1 Å². The van der Waals surface area contributed by atoms with Gasteiger partial charge in [-0.05, 0) is 36.4 Å². The minimum atomic E-state index is -0.282. The first-order chi connectivity index (χ1) is 18.2. The van der Waals surface area contributed by atoms with Crippen LogP contribution in [0.4, 0.5) is 5.13 Å². The summed E-state index contributed by atoms with van der Waals surface area (Å²) in [5, 5.41) is 15.3. The van der Waals surface area contributed by atoms with Crippen LogP contribution in [0.2, 0.25) is 0 Å². The normalized spacial score (nSPS) is 10.8. The summed E-state index contributed by atoms with van der Waals surface area (Å²) in [7, 11) is 0. The van der Waals surface area contributed by atoms with Crippen LogP contribution in [-0.2, 0) is 16.1 Å². The van der Waals surface area contributed by atoms with Crippen LogP contribution in [0.3, 0.4) is 0 Å². The van der Waals surface area contributed by atoms with Crippen molar-refractivity contribution in [1.82, 2.24) is 25.1 Å². The highest BCUT2D eigenvalue weighted by Gasteiger charge is 2.17. The van der Waals surface area contributed by atoms with Crippen LogP contribution in [0.5, 0.6) is 5.75 Å². The minimum Gasteiger partial charge on any atom is -0.484 e. The Morgan fingerprint density at radius 1 is 0.892 bits per heavy atom. The second-order valence-electron chi connectivity index (χ2n) is 7.77. The molecule has 0 fully saturated rings. The van der Waals surface area contributed by atoms with E-state index in [-0.39, 0.29) is 30.7 Å². The molecule has 0 aliphatic carbocycles. The number of nitrogens with one attached hydrogen (secondary N) is 2. The van der Waals surface area contributed by atoms with Gasteiger partial charge < -0.3 is 15.4 Å². The monoisotopic (exact) mass is 530 g/mol. The van der Waals surface area contributed by atoms with E-state index in [9.17, 15) is 9.59 Å². The molecule has 0 radical (unpaired) electrons. The fraction of sp³-hybridized carbons (Fsp3) is 0.115. The molecule has 3 aromatic carbocycles. The topological polar surface area (TPSA) is 111 Å². The van der Waals surface area contributed by atoms with Gasteiger partial charge in [-0.25, -0.2) is 4.98 Å². The molecule has 11 heteroatoms. The van der Waals surface area contributed by atoms with E-state index in [0.29, 0.717) is 21.9 Å². The molecule has 0 aliphatic rings. The third-order valence-electron chi connectivity index (χ3n) is 5.14. The van der Waals surface area contributed by atoms with Crippen molar-refractivity contribution in [3.8, 4) is 11.4 Å². The quantitative estimate of drug-likeness (QED) is 0.259. The number of benzene rings is 3. The van der Waals surface area contributed by atoms with Crippen LogP contribution in [0, 0.1) is 0 Å². The molecule has 0 saturated heterocycles. The predicted octanol–water partition coefficient (Wildman–Crippen LogP) is 4.30. The Morgan fingerprint density at radius 3 is 2.41 bits per heavy atom. The number of anilines is 1. The average molecular weight is 531 g/mol. The van der Waals surface area contributed by atoms with Gasteiger partial charge in [-0.2, -0.15) is 0 Å². The molecule has 0 unspecified atom stereocenters. The molecule has 2 heterocycles. The molecule has 0 saturated carbocycles. The Balaban J connectivity index is 1.23. The van der Waals surface area contributed by atoms with Crippen LogP contribution in [-0.4, -0.2) is 43.9 Å². The molecular formula is C26H22N6O3S2. The third kappa shape index (κ3) is 6.32. The van der Waals surface area contributed by atoms with E-state index in [0.717, 1.165) is 15.9 Å². The molecular weight excluding hydrogens is 508 g/mol. The summed E-state index contributed by atoms with van der Waals surface area (Å²) in [6.07, 6.45) is 0. The van der Waals surface area contributed by atoms with Crippen molar-refractivity contribution >= 4 is 50.3 Å². The first-order valence-corrected chi connectivity index (χ1v) is 13.2. The van der Waals surface area contributed by atoms with Crippen molar-refractivity contribution in [3.63, 3.8) is 0 Å². The van der Waals surface area contributed by atoms with Crippen molar-refractivity contribution in [1.29, 1.82) is 0 Å². The number of nitrogens with zero attached hydrogens (tertiary/aromatic N) is 4. The number of rotatable bonds is 10. The maximum absolute atomic E-state index is 12.6. The SMILES string of the molecule is O=C(COc1ccccc1)NCc1nnc(SCC(=O)Nc2nc3ccccc3s2)n1-c1ccccc1. The lowest BCUT2D eigenvalue weighted by molar-refractivity contribution is -0.123. The van der Waals surface area contributed by atoms with Gasteiger partial charge in [0.2, 0.25) is 5.91 Å². The lowest BCUT2D eigenvalue weighted by Crippen LogP contribution is -2.29. The number of thioether (sulfide) groups is 1. The fourth-order valence-corrected chi connectivity index (χ4v) is 5.10. The summed E-state index contributed by atoms with van der Waals surface area (Å²) in [6.45, 7) is 0.0361. The van der Waals surface area contributed by atoms with Crippen molar-refractivity contribution < 1.29 is 14.3 Å². The fourth-order valence-electron chi connectivity index (χ4n) is 3.45. The highest BCUT2D eigenvalue weighted by atomic mass is 32.2. The van der Waals surface area contributed by atoms with E-state index in [1.54, 1.807) is 12.1 Å². The second-order valence-corrected chi connectivity index (χ2v) is 9.74. The van der Waals surface area contributed by atoms with E-state index in [4.69, 9.17) is 4.74 Å².